The van der Waals surface area contributed by atoms with E-state index in [0.717, 1.165) is 0 Å². The number of anilines is 1. The summed E-state index contributed by atoms with van der Waals surface area (Å²) in [5.74, 6) is -0.679. The molecule has 30 heavy (non-hydrogen) atoms. The van der Waals surface area contributed by atoms with Gasteiger partial charge in [-0.2, -0.15) is 5.10 Å². The molecule has 0 radical (unpaired) electrons. The maximum Gasteiger partial charge on any atom is 0.257 e. The molecule has 0 spiro atoms. The van der Waals surface area contributed by atoms with Crippen molar-refractivity contribution in [3.05, 3.63) is 96.7 Å². The number of hydrogen-bond acceptors (Lipinski definition) is 3. The number of benzene rings is 2. The van der Waals surface area contributed by atoms with Gasteiger partial charge in [-0.05, 0) is 48.5 Å². The average Bonchev–Trinajstić information content (AvgIpc) is 3.43. The minimum Gasteiger partial charge on any atom is -0.343 e. The van der Waals surface area contributed by atoms with E-state index in [2.05, 4.69) is 15.7 Å². The molecule has 4 aromatic rings. The van der Waals surface area contributed by atoms with Crippen molar-refractivity contribution in [2.24, 2.45) is 0 Å². The molecule has 2 aromatic carbocycles. The summed E-state index contributed by atoms with van der Waals surface area (Å²) in [5.41, 5.74) is 1.53. The van der Waals surface area contributed by atoms with Gasteiger partial charge in [-0.15, -0.1) is 0 Å². The molecule has 0 unspecified atom stereocenters. The minimum atomic E-state index is -0.449. The lowest BCUT2D eigenvalue weighted by Crippen LogP contribution is -2.33. The maximum atomic E-state index is 13.3. The van der Waals surface area contributed by atoms with Gasteiger partial charge in [0.05, 0.1) is 18.4 Å². The van der Waals surface area contributed by atoms with Crippen LogP contribution in [0.3, 0.4) is 0 Å². The Morgan fingerprint density at radius 1 is 0.933 bits per heavy atom. The number of aromatic nitrogens is 3. The van der Waals surface area contributed by atoms with Crippen molar-refractivity contribution in [2.75, 3.05) is 11.9 Å². The molecule has 0 aliphatic heterocycles. The second-order valence-corrected chi connectivity index (χ2v) is 6.46. The first-order valence-electron chi connectivity index (χ1n) is 9.22. The molecule has 0 aliphatic rings. The SMILES string of the molecule is O=C(CNC(=O)c1cnn(-c2ccc(F)cc2)c1-n1cccc1)Nc1ccccc1. The first-order chi connectivity index (χ1) is 14.6. The Balaban J connectivity index is 1.55. The Morgan fingerprint density at radius 2 is 1.63 bits per heavy atom. The number of nitrogens with one attached hydrogen (secondary N) is 2. The molecule has 2 aromatic heterocycles. The number of carbonyl (C=O) groups excluding carboxylic acids is 2. The fourth-order valence-electron chi connectivity index (χ4n) is 2.98. The van der Waals surface area contributed by atoms with Crippen molar-refractivity contribution in [1.82, 2.24) is 19.7 Å². The number of nitrogens with zero attached hydrogens (tertiary/aromatic N) is 3. The smallest absolute Gasteiger partial charge is 0.257 e. The van der Waals surface area contributed by atoms with Gasteiger partial charge in [-0.3, -0.25) is 9.59 Å². The Hall–Kier alpha value is -4.20. The molecule has 0 bridgehead atoms. The van der Waals surface area contributed by atoms with Gasteiger partial charge in [0.2, 0.25) is 5.91 Å². The summed E-state index contributed by atoms with van der Waals surface area (Å²) in [4.78, 5) is 24.9. The summed E-state index contributed by atoms with van der Waals surface area (Å²) in [6.07, 6.45) is 4.97. The van der Waals surface area contributed by atoms with E-state index in [1.165, 1.54) is 18.3 Å². The van der Waals surface area contributed by atoms with Gasteiger partial charge in [0.1, 0.15) is 11.4 Å². The van der Waals surface area contributed by atoms with Crippen LogP contribution in [-0.2, 0) is 4.79 Å². The van der Waals surface area contributed by atoms with Gasteiger partial charge in [-0.1, -0.05) is 18.2 Å². The third kappa shape index (κ3) is 4.12. The lowest BCUT2D eigenvalue weighted by molar-refractivity contribution is -0.115. The highest BCUT2D eigenvalue weighted by molar-refractivity contribution is 6.01. The molecular weight excluding hydrogens is 385 g/mol. The fourth-order valence-corrected chi connectivity index (χ4v) is 2.98. The van der Waals surface area contributed by atoms with Gasteiger partial charge in [0, 0.05) is 18.1 Å². The van der Waals surface area contributed by atoms with E-state index in [4.69, 9.17) is 0 Å². The highest BCUT2D eigenvalue weighted by Crippen LogP contribution is 2.20. The zero-order chi connectivity index (χ0) is 20.9. The molecule has 7 nitrogen and oxygen atoms in total. The second-order valence-electron chi connectivity index (χ2n) is 6.46. The molecular formula is C22H18FN5O2. The van der Waals surface area contributed by atoms with Crippen molar-refractivity contribution in [1.29, 1.82) is 0 Å². The first kappa shape index (κ1) is 19.1. The monoisotopic (exact) mass is 403 g/mol. The standard InChI is InChI=1S/C22H18FN5O2/c23-16-8-10-18(11-9-16)28-22(27-12-4-5-13-27)19(14-25-28)21(30)24-15-20(29)26-17-6-2-1-3-7-17/h1-14H,15H2,(H,24,30)(H,26,29). The Morgan fingerprint density at radius 3 is 2.33 bits per heavy atom. The van der Waals surface area contributed by atoms with Gasteiger partial charge in [0.15, 0.2) is 5.82 Å². The molecule has 2 N–H and O–H groups in total. The van der Waals surface area contributed by atoms with Gasteiger partial charge < -0.3 is 15.2 Å². The van der Waals surface area contributed by atoms with Crippen molar-refractivity contribution in [3.8, 4) is 11.5 Å². The van der Waals surface area contributed by atoms with E-state index < -0.39 is 5.91 Å². The molecule has 4 rings (SSSR count). The van der Waals surface area contributed by atoms with Crippen LogP contribution in [0.25, 0.3) is 11.5 Å². The van der Waals surface area contributed by atoms with Crippen LogP contribution in [-0.4, -0.2) is 32.7 Å². The summed E-state index contributed by atoms with van der Waals surface area (Å²) in [5, 5.41) is 9.63. The zero-order valence-electron chi connectivity index (χ0n) is 15.8. The molecule has 8 heteroatoms. The highest BCUT2D eigenvalue weighted by atomic mass is 19.1. The zero-order valence-corrected chi connectivity index (χ0v) is 15.8. The molecule has 2 amide bonds. The van der Waals surface area contributed by atoms with E-state index in [0.29, 0.717) is 17.2 Å². The molecule has 150 valence electrons. The normalized spacial score (nSPS) is 10.6. The van der Waals surface area contributed by atoms with E-state index in [1.54, 1.807) is 58.0 Å². The van der Waals surface area contributed by atoms with E-state index in [-0.39, 0.29) is 23.8 Å². The lowest BCUT2D eigenvalue weighted by Gasteiger charge is -2.11. The van der Waals surface area contributed by atoms with Crippen LogP contribution in [0, 0.1) is 5.82 Å². The number of carbonyl (C=O) groups is 2. The van der Waals surface area contributed by atoms with E-state index in [1.807, 2.05) is 18.2 Å². The molecule has 2 heterocycles. The second kappa shape index (κ2) is 8.44. The third-order valence-electron chi connectivity index (χ3n) is 4.38. The Labute approximate surface area is 171 Å². The predicted molar refractivity (Wildman–Crippen MR) is 110 cm³/mol. The number of halogens is 1. The quantitative estimate of drug-likeness (QED) is 0.519. The molecule has 0 saturated carbocycles. The molecule has 0 saturated heterocycles. The van der Waals surface area contributed by atoms with Gasteiger partial charge in [0.25, 0.3) is 5.91 Å². The fraction of sp³-hybridized carbons (Fsp3) is 0.0455. The summed E-state index contributed by atoms with van der Waals surface area (Å²) in [7, 11) is 0. The van der Waals surface area contributed by atoms with Crippen molar-refractivity contribution < 1.29 is 14.0 Å². The Bertz CT molecular complexity index is 1150. The minimum absolute atomic E-state index is 0.194. The predicted octanol–water partition coefficient (Wildman–Crippen LogP) is 3.17. The molecule has 0 atom stereocenters. The number of para-hydroxylation sites is 1. The van der Waals surface area contributed by atoms with Crippen LogP contribution >= 0.6 is 0 Å². The van der Waals surface area contributed by atoms with Crippen LogP contribution in [0.2, 0.25) is 0 Å². The topological polar surface area (TPSA) is 81.0 Å². The number of amides is 2. The Kier molecular flexibility index (Phi) is 5.38. The molecule has 0 aliphatic carbocycles. The van der Waals surface area contributed by atoms with Crippen LogP contribution < -0.4 is 10.6 Å². The largest absolute Gasteiger partial charge is 0.343 e. The highest BCUT2D eigenvalue weighted by Gasteiger charge is 2.20. The third-order valence-corrected chi connectivity index (χ3v) is 4.38. The van der Waals surface area contributed by atoms with E-state index in [9.17, 15) is 14.0 Å². The van der Waals surface area contributed by atoms with Crippen LogP contribution in [0.4, 0.5) is 10.1 Å². The van der Waals surface area contributed by atoms with Crippen LogP contribution in [0.1, 0.15) is 10.4 Å². The van der Waals surface area contributed by atoms with Crippen molar-refractivity contribution in [2.45, 2.75) is 0 Å². The summed E-state index contributed by atoms with van der Waals surface area (Å²) < 4.78 is 16.6. The maximum absolute atomic E-state index is 13.3. The molecule has 0 fully saturated rings. The number of hydrogen-bond donors (Lipinski definition) is 2. The summed E-state index contributed by atoms with van der Waals surface area (Å²) in [6.45, 7) is -0.194. The summed E-state index contributed by atoms with van der Waals surface area (Å²) in [6, 6.07) is 18.4. The van der Waals surface area contributed by atoms with Gasteiger partial charge >= 0.3 is 0 Å². The van der Waals surface area contributed by atoms with E-state index >= 15 is 0 Å². The lowest BCUT2D eigenvalue weighted by atomic mass is 10.2. The van der Waals surface area contributed by atoms with Crippen LogP contribution in [0.5, 0.6) is 0 Å². The average molecular weight is 403 g/mol. The summed E-state index contributed by atoms with van der Waals surface area (Å²) >= 11 is 0. The van der Waals surface area contributed by atoms with Gasteiger partial charge in [-0.25, -0.2) is 9.07 Å². The number of rotatable bonds is 6. The van der Waals surface area contributed by atoms with Crippen molar-refractivity contribution >= 4 is 17.5 Å². The first-order valence-corrected chi connectivity index (χ1v) is 9.22. The van der Waals surface area contributed by atoms with Crippen LogP contribution in [0.15, 0.2) is 85.3 Å². The van der Waals surface area contributed by atoms with Crippen molar-refractivity contribution in [3.63, 3.8) is 0 Å².